The largest absolute Gasteiger partial charge is 0.480 e. The molecule has 0 bridgehead atoms. The quantitative estimate of drug-likeness (QED) is 0.908. The topological polar surface area (TPSA) is 67.2 Å². The lowest BCUT2D eigenvalue weighted by Gasteiger charge is -2.25. The first kappa shape index (κ1) is 13.6. The molecular formula is C15H16FN3O2. The first-order chi connectivity index (χ1) is 10.1. The van der Waals surface area contributed by atoms with Crippen LogP contribution in [0.4, 0.5) is 10.2 Å². The number of anilines is 1. The molecule has 0 saturated heterocycles. The molecule has 110 valence electrons. The second-order valence-corrected chi connectivity index (χ2v) is 5.34. The molecule has 0 amide bonds. The predicted molar refractivity (Wildman–Crippen MR) is 76.0 cm³/mol. The fourth-order valence-corrected chi connectivity index (χ4v) is 2.74. The Kier molecular flexibility index (Phi) is 3.37. The Labute approximate surface area is 121 Å². The number of rotatable bonds is 4. The van der Waals surface area contributed by atoms with Crippen molar-refractivity contribution < 1.29 is 14.3 Å². The van der Waals surface area contributed by atoms with Crippen LogP contribution in [0.1, 0.15) is 25.7 Å². The summed E-state index contributed by atoms with van der Waals surface area (Å²) >= 11 is 0. The van der Waals surface area contributed by atoms with Crippen molar-refractivity contribution in [1.82, 2.24) is 9.78 Å². The third-order valence-corrected chi connectivity index (χ3v) is 3.91. The minimum absolute atomic E-state index is 0.306. The van der Waals surface area contributed by atoms with Gasteiger partial charge >= 0.3 is 5.97 Å². The maximum Gasteiger partial charge on any atom is 0.329 e. The van der Waals surface area contributed by atoms with E-state index in [0.717, 1.165) is 18.5 Å². The second-order valence-electron chi connectivity index (χ2n) is 5.34. The molecule has 0 aliphatic heterocycles. The highest BCUT2D eigenvalue weighted by atomic mass is 19.1. The number of hydrogen-bond acceptors (Lipinski definition) is 3. The van der Waals surface area contributed by atoms with Crippen LogP contribution in [0.2, 0.25) is 0 Å². The van der Waals surface area contributed by atoms with Gasteiger partial charge in [-0.2, -0.15) is 5.10 Å². The molecule has 1 saturated carbocycles. The number of aliphatic carboxylic acids is 1. The number of nitrogens with zero attached hydrogens (tertiary/aromatic N) is 2. The highest BCUT2D eigenvalue weighted by molar-refractivity contribution is 5.82. The van der Waals surface area contributed by atoms with E-state index in [1.165, 1.54) is 12.1 Å². The second kappa shape index (κ2) is 5.20. The van der Waals surface area contributed by atoms with Gasteiger partial charge in [0.05, 0.1) is 5.69 Å². The highest BCUT2D eigenvalue weighted by Crippen LogP contribution is 2.33. The Morgan fingerprint density at radius 1 is 1.24 bits per heavy atom. The molecule has 1 fully saturated rings. The maximum atomic E-state index is 12.9. The van der Waals surface area contributed by atoms with E-state index in [1.807, 2.05) is 0 Å². The highest BCUT2D eigenvalue weighted by Gasteiger charge is 2.41. The number of halogens is 1. The number of carbonyl (C=O) groups is 1. The van der Waals surface area contributed by atoms with Gasteiger partial charge in [0.15, 0.2) is 0 Å². The minimum atomic E-state index is -0.915. The fraction of sp³-hybridized carbons (Fsp3) is 0.333. The van der Waals surface area contributed by atoms with E-state index in [0.29, 0.717) is 18.7 Å². The molecular weight excluding hydrogens is 273 g/mol. The maximum absolute atomic E-state index is 12.9. The average Bonchev–Trinajstić information content (AvgIpc) is 3.10. The molecule has 2 aromatic rings. The lowest BCUT2D eigenvalue weighted by molar-refractivity contribution is -0.142. The Bertz CT molecular complexity index is 645. The van der Waals surface area contributed by atoms with E-state index >= 15 is 0 Å². The van der Waals surface area contributed by atoms with Crippen molar-refractivity contribution >= 4 is 11.8 Å². The van der Waals surface area contributed by atoms with Crippen molar-refractivity contribution in [3.63, 3.8) is 0 Å². The number of carboxylic acids is 1. The number of aromatic nitrogens is 2. The third kappa shape index (κ3) is 2.61. The van der Waals surface area contributed by atoms with E-state index in [2.05, 4.69) is 10.4 Å². The Hall–Kier alpha value is -2.37. The van der Waals surface area contributed by atoms with Crippen LogP contribution >= 0.6 is 0 Å². The number of hydrogen-bond donors (Lipinski definition) is 2. The molecule has 21 heavy (non-hydrogen) atoms. The van der Waals surface area contributed by atoms with Gasteiger partial charge in [-0.15, -0.1) is 0 Å². The van der Waals surface area contributed by atoms with E-state index in [9.17, 15) is 14.3 Å². The molecule has 0 unspecified atom stereocenters. The molecule has 0 radical (unpaired) electrons. The van der Waals surface area contributed by atoms with Crippen molar-refractivity contribution in [1.29, 1.82) is 0 Å². The van der Waals surface area contributed by atoms with Crippen LogP contribution in [0.5, 0.6) is 0 Å². The van der Waals surface area contributed by atoms with E-state index in [-0.39, 0.29) is 5.82 Å². The molecule has 2 N–H and O–H groups in total. The summed E-state index contributed by atoms with van der Waals surface area (Å²) in [7, 11) is 0. The molecule has 5 nitrogen and oxygen atoms in total. The van der Waals surface area contributed by atoms with Crippen LogP contribution < -0.4 is 5.32 Å². The minimum Gasteiger partial charge on any atom is -0.480 e. The zero-order chi connectivity index (χ0) is 14.9. The van der Waals surface area contributed by atoms with Gasteiger partial charge in [-0.25, -0.2) is 13.9 Å². The number of nitrogens with one attached hydrogen (secondary N) is 1. The first-order valence-corrected chi connectivity index (χ1v) is 6.92. The third-order valence-electron chi connectivity index (χ3n) is 3.91. The van der Waals surface area contributed by atoms with Gasteiger partial charge in [0.25, 0.3) is 0 Å². The molecule has 1 aromatic carbocycles. The standard InChI is InChI=1S/C15H16FN3O2/c16-11-3-5-12(6-4-11)19-10-7-13(18-19)17-15(14(20)21)8-1-2-9-15/h3-7,10H,1-2,8-9H2,(H,17,18)(H,20,21). The predicted octanol–water partition coefficient (Wildman–Crippen LogP) is 2.82. The van der Waals surface area contributed by atoms with E-state index < -0.39 is 11.5 Å². The van der Waals surface area contributed by atoms with Crippen molar-refractivity contribution in [2.45, 2.75) is 31.2 Å². The SMILES string of the molecule is O=C(O)C1(Nc2ccn(-c3ccc(F)cc3)n2)CCCC1. The summed E-state index contributed by atoms with van der Waals surface area (Å²) in [6.45, 7) is 0. The van der Waals surface area contributed by atoms with Gasteiger partial charge in [0.1, 0.15) is 17.2 Å². The Balaban J connectivity index is 1.82. The summed E-state index contributed by atoms with van der Waals surface area (Å²) in [5.74, 6) is -0.625. The van der Waals surface area contributed by atoms with Crippen LogP contribution in [-0.2, 0) is 4.79 Å². The van der Waals surface area contributed by atoms with Gasteiger partial charge in [-0.1, -0.05) is 12.8 Å². The lowest BCUT2D eigenvalue weighted by atomic mass is 9.98. The fourth-order valence-electron chi connectivity index (χ4n) is 2.74. The smallest absolute Gasteiger partial charge is 0.329 e. The van der Waals surface area contributed by atoms with Gasteiger partial charge < -0.3 is 10.4 Å². The van der Waals surface area contributed by atoms with E-state index in [1.54, 1.807) is 29.1 Å². The van der Waals surface area contributed by atoms with Crippen LogP contribution in [0.25, 0.3) is 5.69 Å². The Morgan fingerprint density at radius 3 is 2.52 bits per heavy atom. The van der Waals surface area contributed by atoms with Crippen LogP contribution in [-0.4, -0.2) is 26.4 Å². The van der Waals surface area contributed by atoms with E-state index in [4.69, 9.17) is 0 Å². The molecule has 1 heterocycles. The molecule has 3 rings (SSSR count). The van der Waals surface area contributed by atoms with Crippen molar-refractivity contribution in [2.24, 2.45) is 0 Å². The zero-order valence-corrected chi connectivity index (χ0v) is 11.4. The van der Waals surface area contributed by atoms with Crippen molar-refractivity contribution in [3.8, 4) is 5.69 Å². The first-order valence-electron chi connectivity index (χ1n) is 6.92. The van der Waals surface area contributed by atoms with Crippen LogP contribution in [0.15, 0.2) is 36.5 Å². The molecule has 6 heteroatoms. The monoisotopic (exact) mass is 289 g/mol. The van der Waals surface area contributed by atoms with Gasteiger partial charge in [0, 0.05) is 12.3 Å². The molecule has 1 aromatic heterocycles. The number of benzene rings is 1. The lowest BCUT2D eigenvalue weighted by Crippen LogP contribution is -2.43. The molecule has 1 aliphatic carbocycles. The summed E-state index contributed by atoms with van der Waals surface area (Å²) in [6.07, 6.45) is 4.73. The molecule has 0 atom stereocenters. The average molecular weight is 289 g/mol. The van der Waals surface area contributed by atoms with Crippen molar-refractivity contribution in [3.05, 3.63) is 42.3 Å². The normalized spacial score (nSPS) is 16.8. The summed E-state index contributed by atoms with van der Waals surface area (Å²) in [5.41, 5.74) is -0.192. The van der Waals surface area contributed by atoms with Crippen molar-refractivity contribution in [2.75, 3.05) is 5.32 Å². The van der Waals surface area contributed by atoms with Gasteiger partial charge in [-0.3, -0.25) is 0 Å². The summed E-state index contributed by atoms with van der Waals surface area (Å²) in [4.78, 5) is 11.5. The summed E-state index contributed by atoms with van der Waals surface area (Å²) in [5, 5.41) is 16.8. The molecule has 1 aliphatic rings. The summed E-state index contributed by atoms with van der Waals surface area (Å²) in [6, 6.07) is 7.69. The van der Waals surface area contributed by atoms with Gasteiger partial charge in [-0.05, 0) is 37.1 Å². The van der Waals surface area contributed by atoms with Crippen LogP contribution in [0, 0.1) is 5.82 Å². The van der Waals surface area contributed by atoms with Crippen LogP contribution in [0.3, 0.4) is 0 Å². The zero-order valence-electron chi connectivity index (χ0n) is 11.4. The molecule has 0 spiro atoms. The number of carboxylic acid groups (broad SMARTS) is 1. The Morgan fingerprint density at radius 2 is 1.90 bits per heavy atom. The summed E-state index contributed by atoms with van der Waals surface area (Å²) < 4.78 is 14.5. The van der Waals surface area contributed by atoms with Gasteiger partial charge in [0.2, 0.25) is 0 Å².